The van der Waals surface area contributed by atoms with Crippen molar-refractivity contribution in [2.75, 3.05) is 14.1 Å². The summed E-state index contributed by atoms with van der Waals surface area (Å²) in [7, 11) is 3.44. The van der Waals surface area contributed by atoms with E-state index in [0.29, 0.717) is 0 Å². The number of nitrogens with zero attached hydrogens (tertiary/aromatic N) is 1. The molecule has 0 amide bonds. The lowest BCUT2D eigenvalue weighted by Gasteiger charge is -2.09. The molecule has 0 radical (unpaired) electrons. The monoisotopic (exact) mass is 223 g/mol. The van der Waals surface area contributed by atoms with Crippen molar-refractivity contribution in [2.24, 2.45) is 0 Å². The highest BCUT2D eigenvalue weighted by molar-refractivity contribution is 6.06. The zero-order valence-electron chi connectivity index (χ0n) is 9.39. The molecular formula is C11H13NO4. The van der Waals surface area contributed by atoms with Gasteiger partial charge in [-0.05, 0) is 12.1 Å². The van der Waals surface area contributed by atoms with E-state index in [-0.39, 0.29) is 11.5 Å². The van der Waals surface area contributed by atoms with Gasteiger partial charge in [0, 0.05) is 27.2 Å². The van der Waals surface area contributed by atoms with E-state index in [1.165, 1.54) is 25.5 Å². The zero-order valence-corrected chi connectivity index (χ0v) is 9.39. The maximum Gasteiger partial charge on any atom is 0.308 e. The standard InChI is InChI=1S/C11H13NO4/c1-8(13)16-10(7-12(2)3)11(14)9-5-4-6-15-9/h4-7H,1-3H3/b10-7-. The fourth-order valence-electron chi connectivity index (χ4n) is 1.05. The number of esters is 1. The molecule has 0 saturated carbocycles. The van der Waals surface area contributed by atoms with Crippen LogP contribution in [0.4, 0.5) is 0 Å². The highest BCUT2D eigenvalue weighted by Gasteiger charge is 2.18. The van der Waals surface area contributed by atoms with Crippen molar-refractivity contribution in [3.8, 4) is 0 Å². The third kappa shape index (κ3) is 3.27. The molecule has 0 spiro atoms. The van der Waals surface area contributed by atoms with Crippen LogP contribution in [0.25, 0.3) is 0 Å². The van der Waals surface area contributed by atoms with E-state index < -0.39 is 11.8 Å². The summed E-state index contributed by atoms with van der Waals surface area (Å²) in [6, 6.07) is 3.10. The Morgan fingerprint density at radius 3 is 2.56 bits per heavy atom. The van der Waals surface area contributed by atoms with Gasteiger partial charge in [-0.1, -0.05) is 0 Å². The summed E-state index contributed by atoms with van der Waals surface area (Å²) in [5, 5.41) is 0. The number of allylic oxidation sites excluding steroid dienone is 1. The molecular weight excluding hydrogens is 210 g/mol. The average Bonchev–Trinajstić information content (AvgIpc) is 2.66. The van der Waals surface area contributed by atoms with Crippen LogP contribution in [0.2, 0.25) is 0 Å². The molecule has 16 heavy (non-hydrogen) atoms. The Bertz CT molecular complexity index is 404. The van der Waals surface area contributed by atoms with Crippen LogP contribution in [0.3, 0.4) is 0 Å². The van der Waals surface area contributed by atoms with Gasteiger partial charge < -0.3 is 14.1 Å². The molecule has 5 nitrogen and oxygen atoms in total. The van der Waals surface area contributed by atoms with Crippen molar-refractivity contribution in [2.45, 2.75) is 6.92 Å². The summed E-state index contributed by atoms with van der Waals surface area (Å²) in [6.07, 6.45) is 2.81. The molecule has 0 unspecified atom stereocenters. The van der Waals surface area contributed by atoms with E-state index in [1.54, 1.807) is 25.1 Å². The Balaban J connectivity index is 2.93. The second-order valence-electron chi connectivity index (χ2n) is 3.36. The number of hydrogen-bond acceptors (Lipinski definition) is 5. The lowest BCUT2D eigenvalue weighted by atomic mass is 10.2. The van der Waals surface area contributed by atoms with Gasteiger partial charge in [0.1, 0.15) is 0 Å². The molecule has 1 heterocycles. The van der Waals surface area contributed by atoms with Crippen LogP contribution in [-0.2, 0) is 9.53 Å². The van der Waals surface area contributed by atoms with Crippen molar-refractivity contribution in [1.82, 2.24) is 4.90 Å². The molecule has 0 aliphatic heterocycles. The van der Waals surface area contributed by atoms with E-state index in [9.17, 15) is 9.59 Å². The molecule has 0 aliphatic rings. The Labute approximate surface area is 93.3 Å². The summed E-state index contributed by atoms with van der Waals surface area (Å²) in [5.41, 5.74) is 0. The minimum Gasteiger partial charge on any atom is -0.461 e. The summed E-state index contributed by atoms with van der Waals surface area (Å²) in [4.78, 5) is 24.3. The van der Waals surface area contributed by atoms with E-state index in [1.807, 2.05) is 0 Å². The van der Waals surface area contributed by atoms with Gasteiger partial charge in [-0.15, -0.1) is 0 Å². The minimum atomic E-state index is -0.548. The molecule has 86 valence electrons. The second kappa shape index (κ2) is 5.16. The van der Waals surface area contributed by atoms with Gasteiger partial charge in [-0.3, -0.25) is 9.59 Å². The first kappa shape index (κ1) is 12.0. The smallest absolute Gasteiger partial charge is 0.308 e. The van der Waals surface area contributed by atoms with E-state index in [2.05, 4.69) is 0 Å². The topological polar surface area (TPSA) is 59.8 Å². The molecule has 0 N–H and O–H groups in total. The van der Waals surface area contributed by atoms with Gasteiger partial charge in [-0.25, -0.2) is 0 Å². The van der Waals surface area contributed by atoms with Gasteiger partial charge in [-0.2, -0.15) is 0 Å². The van der Waals surface area contributed by atoms with Crippen LogP contribution in [0.15, 0.2) is 34.8 Å². The Hall–Kier alpha value is -2.04. The maximum atomic E-state index is 11.8. The number of rotatable bonds is 4. The molecule has 1 rings (SSSR count). The molecule has 0 bridgehead atoms. The molecule has 5 heteroatoms. The number of ketones is 1. The lowest BCUT2D eigenvalue weighted by Crippen LogP contribution is -2.14. The Morgan fingerprint density at radius 1 is 1.44 bits per heavy atom. The molecule has 1 aromatic heterocycles. The van der Waals surface area contributed by atoms with Gasteiger partial charge in [0.15, 0.2) is 11.5 Å². The summed E-state index contributed by atoms with van der Waals surface area (Å²) >= 11 is 0. The van der Waals surface area contributed by atoms with Crippen LogP contribution >= 0.6 is 0 Å². The predicted octanol–water partition coefficient (Wildman–Crippen LogP) is 1.43. The summed E-state index contributed by atoms with van der Waals surface area (Å²) in [5.74, 6) is -0.941. The van der Waals surface area contributed by atoms with Gasteiger partial charge in [0.05, 0.1) is 6.26 Å². The molecule has 0 atom stereocenters. The Kier molecular flexibility index (Phi) is 3.88. The number of carbonyl (C=O) groups excluding carboxylic acids is 2. The predicted molar refractivity (Wildman–Crippen MR) is 56.6 cm³/mol. The third-order valence-corrected chi connectivity index (χ3v) is 1.60. The van der Waals surface area contributed by atoms with Gasteiger partial charge >= 0.3 is 5.97 Å². The first-order valence-corrected chi connectivity index (χ1v) is 4.65. The third-order valence-electron chi connectivity index (χ3n) is 1.60. The van der Waals surface area contributed by atoms with Crippen molar-refractivity contribution in [3.05, 3.63) is 36.1 Å². The molecule has 0 fully saturated rings. The molecule has 0 aliphatic carbocycles. The fourth-order valence-corrected chi connectivity index (χ4v) is 1.05. The zero-order chi connectivity index (χ0) is 12.1. The largest absolute Gasteiger partial charge is 0.461 e. The number of carbonyl (C=O) groups is 2. The summed E-state index contributed by atoms with van der Waals surface area (Å²) in [6.45, 7) is 1.24. The maximum absolute atomic E-state index is 11.8. The number of hydrogen-bond donors (Lipinski definition) is 0. The van der Waals surface area contributed by atoms with Gasteiger partial charge in [0.2, 0.25) is 0 Å². The number of ether oxygens (including phenoxy) is 1. The van der Waals surface area contributed by atoms with E-state index >= 15 is 0 Å². The van der Waals surface area contributed by atoms with Crippen LogP contribution < -0.4 is 0 Å². The fraction of sp³-hybridized carbons (Fsp3) is 0.273. The molecule has 0 aromatic carbocycles. The minimum absolute atomic E-state index is 0.0625. The number of Topliss-reactive ketones (excluding diaryl/α,β-unsaturated/α-hetero) is 1. The van der Waals surface area contributed by atoms with Crippen molar-refractivity contribution >= 4 is 11.8 Å². The Morgan fingerprint density at radius 2 is 2.12 bits per heavy atom. The summed E-state index contributed by atoms with van der Waals surface area (Å²) < 4.78 is 9.76. The quantitative estimate of drug-likeness (QED) is 0.334. The second-order valence-corrected chi connectivity index (χ2v) is 3.36. The van der Waals surface area contributed by atoms with Crippen molar-refractivity contribution < 1.29 is 18.7 Å². The van der Waals surface area contributed by atoms with Crippen LogP contribution in [0.1, 0.15) is 17.5 Å². The first-order valence-electron chi connectivity index (χ1n) is 4.65. The van der Waals surface area contributed by atoms with E-state index in [4.69, 9.17) is 9.15 Å². The highest BCUT2D eigenvalue weighted by Crippen LogP contribution is 2.11. The lowest BCUT2D eigenvalue weighted by molar-refractivity contribution is -0.136. The number of furan rings is 1. The van der Waals surface area contributed by atoms with Crippen LogP contribution in [0, 0.1) is 0 Å². The average molecular weight is 223 g/mol. The van der Waals surface area contributed by atoms with Crippen molar-refractivity contribution in [3.63, 3.8) is 0 Å². The van der Waals surface area contributed by atoms with Crippen molar-refractivity contribution in [1.29, 1.82) is 0 Å². The highest BCUT2D eigenvalue weighted by atomic mass is 16.5. The van der Waals surface area contributed by atoms with Crippen LogP contribution in [-0.4, -0.2) is 30.7 Å². The molecule has 0 saturated heterocycles. The van der Waals surface area contributed by atoms with Crippen LogP contribution in [0.5, 0.6) is 0 Å². The molecule has 1 aromatic rings. The van der Waals surface area contributed by atoms with E-state index in [0.717, 1.165) is 0 Å². The van der Waals surface area contributed by atoms with Gasteiger partial charge in [0.25, 0.3) is 5.78 Å². The SMILES string of the molecule is CC(=O)O/C(=C\N(C)C)C(=O)c1ccco1. The first-order chi connectivity index (χ1) is 7.50. The normalized spacial score (nSPS) is 11.1.